The molecule has 0 radical (unpaired) electrons. The number of alkyl halides is 1. The van der Waals surface area contributed by atoms with Crippen LogP contribution in [-0.4, -0.2) is 28.0 Å². The van der Waals surface area contributed by atoms with E-state index >= 15 is 0 Å². The molecule has 0 aromatic carbocycles. The number of halogens is 1. The van der Waals surface area contributed by atoms with E-state index in [0.717, 1.165) is 23.3 Å². The molecule has 1 atom stereocenters. The molecule has 0 bridgehead atoms. The topological polar surface area (TPSA) is 20.2 Å². The average Bonchev–Trinajstić information content (AvgIpc) is 1.98. The molecule has 3 heteroatoms. The molecule has 0 spiro atoms. The minimum absolute atomic E-state index is 0.181. The molecule has 0 rings (SSSR count). The highest BCUT2D eigenvalue weighted by Gasteiger charge is 1.93. The number of thioether (sulfide) groups is 1. The Morgan fingerprint density at radius 1 is 1.67 bits per heavy atom. The fourth-order valence-electron chi connectivity index (χ4n) is 0.691. The fraction of sp³-hybridized carbons (Fsp3) is 0.778. The van der Waals surface area contributed by atoms with Gasteiger partial charge in [0.25, 0.3) is 0 Å². The van der Waals surface area contributed by atoms with Crippen molar-refractivity contribution in [2.24, 2.45) is 0 Å². The van der Waals surface area contributed by atoms with Gasteiger partial charge in [-0.3, -0.25) is 0 Å². The van der Waals surface area contributed by atoms with E-state index in [1.54, 1.807) is 11.8 Å². The van der Waals surface area contributed by atoms with E-state index in [4.69, 9.17) is 5.11 Å². The number of aliphatic hydroxyl groups excluding tert-OH is 1. The minimum atomic E-state index is -0.181. The van der Waals surface area contributed by atoms with Crippen LogP contribution in [0, 0.1) is 0 Å². The smallest absolute Gasteiger partial charge is 0.0602 e. The Kier molecular flexibility index (Phi) is 8.50. The maximum Gasteiger partial charge on any atom is 0.0602 e. The van der Waals surface area contributed by atoms with Gasteiger partial charge in [-0.1, -0.05) is 27.6 Å². The summed E-state index contributed by atoms with van der Waals surface area (Å²) in [4.78, 5) is 0. The molecular formula is C9H17BrOS. The molecule has 0 unspecified atom stereocenters. The van der Waals surface area contributed by atoms with Gasteiger partial charge in [-0.2, -0.15) is 11.8 Å². The predicted octanol–water partition coefficient (Wildman–Crippen LogP) is 2.83. The second-order valence-electron chi connectivity index (χ2n) is 2.88. The van der Waals surface area contributed by atoms with Crippen molar-refractivity contribution in [2.45, 2.75) is 26.4 Å². The quantitative estimate of drug-likeness (QED) is 0.446. The fourth-order valence-corrected chi connectivity index (χ4v) is 2.20. The van der Waals surface area contributed by atoms with Crippen LogP contribution in [0.1, 0.15) is 20.3 Å². The molecule has 0 amide bonds. The van der Waals surface area contributed by atoms with Crippen molar-refractivity contribution in [3.63, 3.8) is 0 Å². The van der Waals surface area contributed by atoms with Gasteiger partial charge in [-0.15, -0.1) is 0 Å². The Hall–Kier alpha value is 0.530. The molecule has 1 nitrogen and oxygen atoms in total. The van der Waals surface area contributed by atoms with Crippen LogP contribution in [-0.2, 0) is 0 Å². The Morgan fingerprint density at radius 3 is 2.83 bits per heavy atom. The molecule has 0 aliphatic rings. The van der Waals surface area contributed by atoms with Gasteiger partial charge in [0.2, 0.25) is 0 Å². The van der Waals surface area contributed by atoms with Crippen molar-refractivity contribution in [3.05, 3.63) is 11.6 Å². The van der Waals surface area contributed by atoms with Gasteiger partial charge in [-0.05, 0) is 20.3 Å². The highest BCUT2D eigenvalue weighted by Crippen LogP contribution is 2.07. The monoisotopic (exact) mass is 252 g/mol. The van der Waals surface area contributed by atoms with E-state index in [1.165, 1.54) is 5.57 Å². The molecule has 1 N–H and O–H groups in total. The van der Waals surface area contributed by atoms with Crippen LogP contribution in [0.5, 0.6) is 0 Å². The van der Waals surface area contributed by atoms with Crippen LogP contribution >= 0.6 is 27.7 Å². The molecule has 0 saturated heterocycles. The van der Waals surface area contributed by atoms with E-state index in [1.807, 2.05) is 6.92 Å². The average molecular weight is 253 g/mol. The molecule has 0 aromatic rings. The van der Waals surface area contributed by atoms with E-state index < -0.39 is 0 Å². The first-order chi connectivity index (χ1) is 5.66. The van der Waals surface area contributed by atoms with Gasteiger partial charge in [0, 0.05) is 16.8 Å². The van der Waals surface area contributed by atoms with Gasteiger partial charge < -0.3 is 5.11 Å². The first-order valence-electron chi connectivity index (χ1n) is 4.14. The van der Waals surface area contributed by atoms with Crippen LogP contribution in [0.4, 0.5) is 0 Å². The maximum absolute atomic E-state index is 8.97. The summed E-state index contributed by atoms with van der Waals surface area (Å²) in [5, 5.41) is 10.0. The standard InChI is InChI=1S/C9H17BrOS/c1-8(3-5-10)4-6-12-7-9(2)11/h4,9,11H,3,5-7H2,1-2H3/b8-4+/t9-/m1/s1. The summed E-state index contributed by atoms with van der Waals surface area (Å²) in [7, 11) is 0. The summed E-state index contributed by atoms with van der Waals surface area (Å²) in [6.45, 7) is 3.96. The van der Waals surface area contributed by atoms with Crippen LogP contribution in [0.3, 0.4) is 0 Å². The van der Waals surface area contributed by atoms with Crippen LogP contribution in [0.2, 0.25) is 0 Å². The third-order valence-corrected chi connectivity index (χ3v) is 2.91. The Labute approximate surface area is 87.8 Å². The van der Waals surface area contributed by atoms with Gasteiger partial charge >= 0.3 is 0 Å². The van der Waals surface area contributed by atoms with Crippen LogP contribution in [0.25, 0.3) is 0 Å². The number of hydrogen-bond donors (Lipinski definition) is 1. The van der Waals surface area contributed by atoms with Gasteiger partial charge in [0.1, 0.15) is 0 Å². The predicted molar refractivity (Wildman–Crippen MR) is 61.2 cm³/mol. The van der Waals surface area contributed by atoms with Crippen molar-refractivity contribution in [2.75, 3.05) is 16.8 Å². The molecular weight excluding hydrogens is 236 g/mol. The third-order valence-electron chi connectivity index (χ3n) is 1.40. The molecule has 0 fully saturated rings. The Balaban J connectivity index is 3.33. The summed E-state index contributed by atoms with van der Waals surface area (Å²) in [5.41, 5.74) is 1.42. The van der Waals surface area contributed by atoms with E-state index in [2.05, 4.69) is 28.9 Å². The second kappa shape index (κ2) is 8.14. The SMILES string of the molecule is C/C(=C\CSC[C@@H](C)O)CCBr. The van der Waals surface area contributed by atoms with Crippen molar-refractivity contribution < 1.29 is 5.11 Å². The van der Waals surface area contributed by atoms with Gasteiger partial charge in [0.15, 0.2) is 0 Å². The summed E-state index contributed by atoms with van der Waals surface area (Å²) in [6, 6.07) is 0. The lowest BCUT2D eigenvalue weighted by molar-refractivity contribution is 0.220. The number of rotatable bonds is 6. The van der Waals surface area contributed by atoms with E-state index in [-0.39, 0.29) is 6.10 Å². The van der Waals surface area contributed by atoms with Crippen molar-refractivity contribution in [3.8, 4) is 0 Å². The molecule has 0 aliphatic carbocycles. The third kappa shape index (κ3) is 8.62. The molecule has 0 saturated carbocycles. The lowest BCUT2D eigenvalue weighted by Crippen LogP contribution is -2.02. The lowest BCUT2D eigenvalue weighted by atomic mass is 10.2. The molecule has 0 aliphatic heterocycles. The normalized spacial score (nSPS) is 14.8. The molecule has 0 aromatic heterocycles. The largest absolute Gasteiger partial charge is 0.393 e. The first-order valence-corrected chi connectivity index (χ1v) is 6.42. The van der Waals surface area contributed by atoms with Crippen molar-refractivity contribution in [1.82, 2.24) is 0 Å². The zero-order chi connectivity index (χ0) is 9.40. The lowest BCUT2D eigenvalue weighted by Gasteiger charge is -2.01. The van der Waals surface area contributed by atoms with Gasteiger partial charge in [-0.25, -0.2) is 0 Å². The van der Waals surface area contributed by atoms with E-state index in [0.29, 0.717) is 0 Å². The zero-order valence-electron chi connectivity index (χ0n) is 7.72. The minimum Gasteiger partial charge on any atom is -0.393 e. The number of hydrogen-bond acceptors (Lipinski definition) is 2. The Bertz CT molecular complexity index is 134. The maximum atomic E-state index is 8.97. The van der Waals surface area contributed by atoms with E-state index in [9.17, 15) is 0 Å². The van der Waals surface area contributed by atoms with Crippen LogP contribution in [0.15, 0.2) is 11.6 Å². The van der Waals surface area contributed by atoms with Gasteiger partial charge in [0.05, 0.1) is 6.10 Å². The van der Waals surface area contributed by atoms with Crippen LogP contribution < -0.4 is 0 Å². The van der Waals surface area contributed by atoms with Crippen molar-refractivity contribution in [1.29, 1.82) is 0 Å². The molecule has 0 heterocycles. The first kappa shape index (κ1) is 12.5. The summed E-state index contributed by atoms with van der Waals surface area (Å²) >= 11 is 5.17. The number of aliphatic hydroxyl groups is 1. The summed E-state index contributed by atoms with van der Waals surface area (Å²) in [6.07, 6.45) is 3.17. The highest BCUT2D eigenvalue weighted by molar-refractivity contribution is 9.09. The zero-order valence-corrected chi connectivity index (χ0v) is 10.1. The second-order valence-corrected chi connectivity index (χ2v) is 4.74. The Morgan fingerprint density at radius 2 is 2.33 bits per heavy atom. The highest BCUT2D eigenvalue weighted by atomic mass is 79.9. The summed E-state index contributed by atoms with van der Waals surface area (Å²) in [5.74, 6) is 1.85. The van der Waals surface area contributed by atoms with Crippen molar-refractivity contribution >= 4 is 27.7 Å². The number of allylic oxidation sites excluding steroid dienone is 1. The molecule has 12 heavy (non-hydrogen) atoms. The molecule has 72 valence electrons. The summed E-state index contributed by atoms with van der Waals surface area (Å²) < 4.78 is 0.